The van der Waals surface area contributed by atoms with Crippen LogP contribution in [0.4, 0.5) is 0 Å². The highest BCUT2D eigenvalue weighted by molar-refractivity contribution is 5.92. The molecule has 0 unspecified atom stereocenters. The summed E-state index contributed by atoms with van der Waals surface area (Å²) >= 11 is 0. The van der Waals surface area contributed by atoms with Crippen LogP contribution >= 0.6 is 0 Å². The van der Waals surface area contributed by atoms with Gasteiger partial charge in [-0.2, -0.15) is 5.10 Å². The molecule has 0 saturated heterocycles. The third-order valence-electron chi connectivity index (χ3n) is 4.21. The average Bonchev–Trinajstić information content (AvgIpc) is 2.69. The molecule has 124 valence electrons. The van der Waals surface area contributed by atoms with Crippen molar-refractivity contribution >= 4 is 12.1 Å². The van der Waals surface area contributed by atoms with E-state index in [-0.39, 0.29) is 5.91 Å². The third kappa shape index (κ3) is 3.63. The summed E-state index contributed by atoms with van der Waals surface area (Å²) in [6.07, 6.45) is 3.22. The number of amides is 1. The molecule has 1 heterocycles. The predicted molar refractivity (Wildman–Crippen MR) is 99.3 cm³/mol. The number of carbonyl (C=O) groups excluding carboxylic acids is 1. The molecule has 0 fully saturated rings. The SMILES string of the molecule is CC(C(=O)N/N=C/c1ccccn1)(c1ccccc1)c1ccccc1. The first kappa shape index (κ1) is 16.6. The molecule has 0 bridgehead atoms. The van der Waals surface area contributed by atoms with Crippen LogP contribution < -0.4 is 5.43 Å². The van der Waals surface area contributed by atoms with Crippen molar-refractivity contribution < 1.29 is 4.79 Å². The number of pyridine rings is 1. The number of hydrogen-bond acceptors (Lipinski definition) is 3. The van der Waals surface area contributed by atoms with Gasteiger partial charge in [-0.3, -0.25) is 9.78 Å². The maximum Gasteiger partial charge on any atom is 0.254 e. The van der Waals surface area contributed by atoms with Crippen molar-refractivity contribution in [3.8, 4) is 0 Å². The number of hydrazone groups is 1. The Hall–Kier alpha value is -3.27. The van der Waals surface area contributed by atoms with Crippen LogP contribution in [0.5, 0.6) is 0 Å². The van der Waals surface area contributed by atoms with Gasteiger partial charge in [-0.25, -0.2) is 5.43 Å². The standard InChI is InChI=1S/C21H19N3O/c1-21(17-10-4-2-5-11-17,18-12-6-3-7-13-18)20(25)24-23-16-19-14-8-9-15-22-19/h2-16H,1H3,(H,24,25)/b23-16+. The summed E-state index contributed by atoms with van der Waals surface area (Å²) in [6, 6.07) is 24.9. The van der Waals surface area contributed by atoms with Gasteiger partial charge in [0.1, 0.15) is 0 Å². The van der Waals surface area contributed by atoms with E-state index < -0.39 is 5.41 Å². The van der Waals surface area contributed by atoms with E-state index in [1.165, 1.54) is 6.21 Å². The first-order chi connectivity index (χ1) is 12.2. The molecule has 0 radical (unpaired) electrons. The highest BCUT2D eigenvalue weighted by atomic mass is 16.2. The van der Waals surface area contributed by atoms with Crippen molar-refractivity contribution in [3.05, 3.63) is 102 Å². The Kier molecular flexibility index (Phi) is 5.00. The highest BCUT2D eigenvalue weighted by Crippen LogP contribution is 2.32. The number of nitrogens with one attached hydrogen (secondary N) is 1. The first-order valence-electron chi connectivity index (χ1n) is 8.07. The quantitative estimate of drug-likeness (QED) is 0.575. The van der Waals surface area contributed by atoms with E-state index in [1.54, 1.807) is 6.20 Å². The zero-order chi connectivity index (χ0) is 17.5. The molecular weight excluding hydrogens is 310 g/mol. The molecule has 25 heavy (non-hydrogen) atoms. The lowest BCUT2D eigenvalue weighted by atomic mass is 9.75. The normalized spacial score (nSPS) is 11.4. The summed E-state index contributed by atoms with van der Waals surface area (Å²) in [4.78, 5) is 17.2. The fraction of sp³-hybridized carbons (Fsp3) is 0.0952. The highest BCUT2D eigenvalue weighted by Gasteiger charge is 2.36. The second-order valence-corrected chi connectivity index (χ2v) is 5.81. The Bertz CT molecular complexity index is 807. The summed E-state index contributed by atoms with van der Waals surface area (Å²) in [5.41, 5.74) is 4.32. The van der Waals surface area contributed by atoms with Crippen LogP contribution in [0.25, 0.3) is 0 Å². The summed E-state index contributed by atoms with van der Waals surface area (Å²) in [5, 5.41) is 4.07. The monoisotopic (exact) mass is 329 g/mol. The van der Waals surface area contributed by atoms with Crippen molar-refractivity contribution in [1.82, 2.24) is 10.4 Å². The van der Waals surface area contributed by atoms with Gasteiger partial charge in [-0.15, -0.1) is 0 Å². The van der Waals surface area contributed by atoms with E-state index in [4.69, 9.17) is 0 Å². The van der Waals surface area contributed by atoms with Gasteiger partial charge in [-0.1, -0.05) is 66.7 Å². The van der Waals surface area contributed by atoms with Gasteiger partial charge in [0.2, 0.25) is 0 Å². The lowest BCUT2D eigenvalue weighted by molar-refractivity contribution is -0.124. The summed E-state index contributed by atoms with van der Waals surface area (Å²) in [6.45, 7) is 1.91. The van der Waals surface area contributed by atoms with Crippen LogP contribution in [-0.2, 0) is 10.2 Å². The molecular formula is C21H19N3O. The molecule has 1 N–H and O–H groups in total. The fourth-order valence-electron chi connectivity index (χ4n) is 2.69. The molecule has 0 aliphatic heterocycles. The van der Waals surface area contributed by atoms with Crippen molar-refractivity contribution in [2.45, 2.75) is 12.3 Å². The van der Waals surface area contributed by atoms with Crippen LogP contribution in [0.3, 0.4) is 0 Å². The van der Waals surface area contributed by atoms with Crippen LogP contribution in [0.2, 0.25) is 0 Å². The first-order valence-corrected chi connectivity index (χ1v) is 8.07. The van der Waals surface area contributed by atoms with Gasteiger partial charge in [-0.05, 0) is 30.2 Å². The van der Waals surface area contributed by atoms with Gasteiger partial charge in [0.15, 0.2) is 0 Å². The lowest BCUT2D eigenvalue weighted by Crippen LogP contribution is -2.41. The molecule has 1 amide bonds. The predicted octanol–water partition coefficient (Wildman–Crippen LogP) is 3.54. The minimum atomic E-state index is -0.843. The molecule has 0 aliphatic rings. The number of hydrogen-bond donors (Lipinski definition) is 1. The van der Waals surface area contributed by atoms with E-state index in [9.17, 15) is 4.79 Å². The number of carbonyl (C=O) groups is 1. The Morgan fingerprint density at radius 1 is 0.920 bits per heavy atom. The smallest absolute Gasteiger partial charge is 0.254 e. The molecule has 0 saturated carbocycles. The summed E-state index contributed by atoms with van der Waals surface area (Å²) < 4.78 is 0. The molecule has 2 aromatic carbocycles. The fourth-order valence-corrected chi connectivity index (χ4v) is 2.69. The minimum Gasteiger partial charge on any atom is -0.272 e. The maximum atomic E-state index is 13.0. The van der Waals surface area contributed by atoms with E-state index >= 15 is 0 Å². The zero-order valence-corrected chi connectivity index (χ0v) is 14.0. The van der Waals surface area contributed by atoms with E-state index in [0.717, 1.165) is 11.1 Å². The Morgan fingerprint density at radius 3 is 2.00 bits per heavy atom. The second kappa shape index (κ2) is 7.53. The Balaban J connectivity index is 1.90. The average molecular weight is 329 g/mol. The number of aromatic nitrogens is 1. The second-order valence-electron chi connectivity index (χ2n) is 5.81. The van der Waals surface area contributed by atoms with Crippen LogP contribution in [0, 0.1) is 0 Å². The number of nitrogens with zero attached hydrogens (tertiary/aromatic N) is 2. The molecule has 0 spiro atoms. The van der Waals surface area contributed by atoms with Crippen molar-refractivity contribution in [3.63, 3.8) is 0 Å². The summed E-state index contributed by atoms with van der Waals surface area (Å²) in [7, 11) is 0. The van der Waals surface area contributed by atoms with Crippen LogP contribution in [-0.4, -0.2) is 17.1 Å². The van der Waals surface area contributed by atoms with Gasteiger partial charge in [0.05, 0.1) is 17.3 Å². The number of benzene rings is 2. The Morgan fingerprint density at radius 2 is 1.48 bits per heavy atom. The lowest BCUT2D eigenvalue weighted by Gasteiger charge is -2.28. The van der Waals surface area contributed by atoms with Gasteiger partial charge in [0.25, 0.3) is 5.91 Å². The van der Waals surface area contributed by atoms with Crippen molar-refractivity contribution in [2.24, 2.45) is 5.10 Å². The van der Waals surface area contributed by atoms with Gasteiger partial charge in [0, 0.05) is 6.20 Å². The summed E-state index contributed by atoms with van der Waals surface area (Å²) in [5.74, 6) is -0.197. The van der Waals surface area contributed by atoms with Gasteiger partial charge < -0.3 is 0 Å². The van der Waals surface area contributed by atoms with E-state index in [1.807, 2.05) is 85.8 Å². The van der Waals surface area contributed by atoms with Crippen molar-refractivity contribution in [1.29, 1.82) is 0 Å². The largest absolute Gasteiger partial charge is 0.272 e. The molecule has 0 atom stereocenters. The molecule has 0 aliphatic carbocycles. The van der Waals surface area contributed by atoms with E-state index in [0.29, 0.717) is 5.69 Å². The Labute approximate surface area is 147 Å². The van der Waals surface area contributed by atoms with Gasteiger partial charge >= 0.3 is 0 Å². The molecule has 4 heteroatoms. The number of rotatable bonds is 5. The van der Waals surface area contributed by atoms with Crippen molar-refractivity contribution in [2.75, 3.05) is 0 Å². The van der Waals surface area contributed by atoms with Crippen LogP contribution in [0.1, 0.15) is 23.7 Å². The topological polar surface area (TPSA) is 54.4 Å². The molecule has 3 rings (SSSR count). The molecule has 1 aromatic heterocycles. The zero-order valence-electron chi connectivity index (χ0n) is 14.0. The van der Waals surface area contributed by atoms with Crippen LogP contribution in [0.15, 0.2) is 90.2 Å². The van der Waals surface area contributed by atoms with E-state index in [2.05, 4.69) is 15.5 Å². The minimum absolute atomic E-state index is 0.197. The molecule has 4 nitrogen and oxygen atoms in total. The third-order valence-corrected chi connectivity index (χ3v) is 4.21. The molecule has 3 aromatic rings. The maximum absolute atomic E-state index is 13.0.